The van der Waals surface area contributed by atoms with Crippen LogP contribution in [0.4, 0.5) is 0 Å². The Morgan fingerprint density at radius 1 is 1.47 bits per heavy atom. The van der Waals surface area contributed by atoms with E-state index in [0.29, 0.717) is 12.6 Å². The summed E-state index contributed by atoms with van der Waals surface area (Å²) in [4.78, 5) is 2.53. The lowest BCUT2D eigenvalue weighted by atomic mass is 10.0. The molecule has 17 heavy (non-hydrogen) atoms. The van der Waals surface area contributed by atoms with Gasteiger partial charge in [-0.25, -0.2) is 0 Å². The van der Waals surface area contributed by atoms with E-state index >= 15 is 0 Å². The zero-order chi connectivity index (χ0) is 12.3. The largest absolute Gasteiger partial charge is 0.329 e. The van der Waals surface area contributed by atoms with Crippen LogP contribution in [0.1, 0.15) is 37.8 Å². The van der Waals surface area contributed by atoms with E-state index in [-0.39, 0.29) is 0 Å². The molecule has 2 heterocycles. The molecule has 0 spiro atoms. The molecule has 96 valence electrons. The average Bonchev–Trinajstić information content (AvgIpc) is 2.61. The smallest absolute Gasteiger partial charge is 0.0538 e. The van der Waals surface area contributed by atoms with E-state index in [9.17, 15) is 0 Å². The van der Waals surface area contributed by atoms with Crippen LogP contribution in [0.5, 0.6) is 0 Å². The number of nitrogens with two attached hydrogens (primary N) is 1. The molecule has 1 aliphatic heterocycles. The third kappa shape index (κ3) is 3.07. The van der Waals surface area contributed by atoms with Crippen molar-refractivity contribution in [1.82, 2.24) is 14.7 Å². The molecule has 2 rings (SSSR count). The second-order valence-corrected chi connectivity index (χ2v) is 5.27. The van der Waals surface area contributed by atoms with Gasteiger partial charge in [0.2, 0.25) is 0 Å². The highest BCUT2D eigenvalue weighted by atomic mass is 15.3. The maximum Gasteiger partial charge on any atom is 0.0538 e. The van der Waals surface area contributed by atoms with Crippen LogP contribution in [0.25, 0.3) is 0 Å². The van der Waals surface area contributed by atoms with Crippen LogP contribution >= 0.6 is 0 Å². The lowest BCUT2D eigenvalue weighted by Gasteiger charge is -2.28. The fraction of sp³-hybridized carbons (Fsp3) is 0.769. The molecular formula is C13H24N4. The van der Waals surface area contributed by atoms with Crippen LogP contribution < -0.4 is 5.73 Å². The molecule has 1 aliphatic rings. The standard InChI is InChI=1S/C13H24N4/c1-11-4-3-6-17(7-5-11)13(8-14)12-9-15-16(2)10-12/h9-11,13H,3-8,14H2,1-2H3. The molecule has 0 aromatic carbocycles. The number of nitrogens with zero attached hydrogens (tertiary/aromatic N) is 3. The fourth-order valence-corrected chi connectivity index (χ4v) is 2.71. The number of likely N-dealkylation sites (tertiary alicyclic amines) is 1. The van der Waals surface area contributed by atoms with E-state index in [2.05, 4.69) is 23.1 Å². The maximum atomic E-state index is 5.95. The summed E-state index contributed by atoms with van der Waals surface area (Å²) in [5.41, 5.74) is 7.21. The first-order valence-electron chi connectivity index (χ1n) is 6.63. The quantitative estimate of drug-likeness (QED) is 0.866. The molecule has 0 amide bonds. The zero-order valence-corrected chi connectivity index (χ0v) is 11.0. The Labute approximate surface area is 104 Å². The highest BCUT2D eigenvalue weighted by Gasteiger charge is 2.22. The Morgan fingerprint density at radius 3 is 2.94 bits per heavy atom. The van der Waals surface area contributed by atoms with Gasteiger partial charge < -0.3 is 5.73 Å². The second-order valence-electron chi connectivity index (χ2n) is 5.27. The summed E-state index contributed by atoms with van der Waals surface area (Å²) in [7, 11) is 1.96. The normalized spacial score (nSPS) is 24.5. The topological polar surface area (TPSA) is 47.1 Å². The molecule has 0 saturated carbocycles. The van der Waals surface area contributed by atoms with Crippen molar-refractivity contribution in [2.75, 3.05) is 19.6 Å². The van der Waals surface area contributed by atoms with Gasteiger partial charge in [-0.15, -0.1) is 0 Å². The highest BCUT2D eigenvalue weighted by Crippen LogP contribution is 2.24. The Hall–Kier alpha value is -0.870. The van der Waals surface area contributed by atoms with E-state index in [1.165, 1.54) is 31.4 Å². The van der Waals surface area contributed by atoms with Crippen LogP contribution in [0.3, 0.4) is 0 Å². The van der Waals surface area contributed by atoms with Crippen molar-refractivity contribution in [2.24, 2.45) is 18.7 Å². The van der Waals surface area contributed by atoms with Crippen molar-refractivity contribution >= 4 is 0 Å². The van der Waals surface area contributed by atoms with Crippen molar-refractivity contribution in [1.29, 1.82) is 0 Å². The fourth-order valence-electron chi connectivity index (χ4n) is 2.71. The van der Waals surface area contributed by atoms with E-state index in [4.69, 9.17) is 5.73 Å². The lowest BCUT2D eigenvalue weighted by Crippen LogP contribution is -2.34. The van der Waals surface area contributed by atoms with Crippen molar-refractivity contribution in [2.45, 2.75) is 32.2 Å². The molecule has 1 fully saturated rings. The molecule has 0 bridgehead atoms. The molecule has 2 atom stereocenters. The van der Waals surface area contributed by atoms with Crippen LogP contribution in [-0.2, 0) is 7.05 Å². The molecule has 2 N–H and O–H groups in total. The molecule has 4 nitrogen and oxygen atoms in total. The van der Waals surface area contributed by atoms with E-state index in [1.807, 2.05) is 17.9 Å². The molecule has 0 aliphatic carbocycles. The Kier molecular flexibility index (Phi) is 4.18. The SMILES string of the molecule is CC1CCCN(C(CN)c2cnn(C)c2)CC1. The first kappa shape index (κ1) is 12.6. The lowest BCUT2D eigenvalue weighted by molar-refractivity contribution is 0.207. The summed E-state index contributed by atoms with van der Waals surface area (Å²) in [6.07, 6.45) is 7.97. The Balaban J connectivity index is 2.07. The van der Waals surface area contributed by atoms with Gasteiger partial charge in [-0.05, 0) is 38.3 Å². The minimum absolute atomic E-state index is 0.342. The number of rotatable bonds is 3. The number of hydrogen-bond acceptors (Lipinski definition) is 3. The summed E-state index contributed by atoms with van der Waals surface area (Å²) < 4.78 is 1.86. The van der Waals surface area contributed by atoms with E-state index in [1.54, 1.807) is 0 Å². The van der Waals surface area contributed by atoms with Gasteiger partial charge in [0.25, 0.3) is 0 Å². The maximum absolute atomic E-state index is 5.95. The summed E-state index contributed by atoms with van der Waals surface area (Å²) in [5.74, 6) is 0.854. The minimum Gasteiger partial charge on any atom is -0.329 e. The van der Waals surface area contributed by atoms with Gasteiger partial charge >= 0.3 is 0 Å². The molecule has 1 aromatic heterocycles. The Bertz CT molecular complexity index is 347. The van der Waals surface area contributed by atoms with Gasteiger partial charge in [-0.3, -0.25) is 9.58 Å². The number of hydrogen-bond donors (Lipinski definition) is 1. The third-order valence-corrected chi connectivity index (χ3v) is 3.83. The summed E-state index contributed by atoms with van der Waals surface area (Å²) in [5, 5.41) is 4.25. The van der Waals surface area contributed by atoms with Gasteiger partial charge in [0.15, 0.2) is 0 Å². The van der Waals surface area contributed by atoms with E-state index < -0.39 is 0 Å². The van der Waals surface area contributed by atoms with Crippen molar-refractivity contribution in [3.8, 4) is 0 Å². The minimum atomic E-state index is 0.342. The van der Waals surface area contributed by atoms with Crippen molar-refractivity contribution in [3.05, 3.63) is 18.0 Å². The number of aryl methyl sites for hydroxylation is 1. The first-order valence-corrected chi connectivity index (χ1v) is 6.63. The summed E-state index contributed by atoms with van der Waals surface area (Å²) in [6, 6.07) is 0.342. The van der Waals surface area contributed by atoms with Crippen molar-refractivity contribution < 1.29 is 0 Å². The first-order chi connectivity index (χ1) is 8.20. The van der Waals surface area contributed by atoms with Crippen molar-refractivity contribution in [3.63, 3.8) is 0 Å². The molecule has 1 saturated heterocycles. The average molecular weight is 236 g/mol. The third-order valence-electron chi connectivity index (χ3n) is 3.83. The van der Waals surface area contributed by atoms with Crippen LogP contribution in [0, 0.1) is 5.92 Å². The molecule has 2 unspecified atom stereocenters. The zero-order valence-electron chi connectivity index (χ0n) is 11.0. The van der Waals surface area contributed by atoms with Gasteiger partial charge in [-0.1, -0.05) is 6.92 Å². The van der Waals surface area contributed by atoms with Crippen LogP contribution in [-0.4, -0.2) is 34.3 Å². The number of aromatic nitrogens is 2. The van der Waals surface area contributed by atoms with Crippen LogP contribution in [0.2, 0.25) is 0 Å². The Morgan fingerprint density at radius 2 is 2.29 bits per heavy atom. The molecular weight excluding hydrogens is 212 g/mol. The molecule has 0 radical (unpaired) electrons. The molecule has 4 heteroatoms. The van der Waals surface area contributed by atoms with Crippen LogP contribution in [0.15, 0.2) is 12.4 Å². The van der Waals surface area contributed by atoms with Gasteiger partial charge in [0.1, 0.15) is 0 Å². The summed E-state index contributed by atoms with van der Waals surface area (Å²) >= 11 is 0. The molecule has 1 aromatic rings. The highest BCUT2D eigenvalue weighted by molar-refractivity contribution is 5.11. The van der Waals surface area contributed by atoms with Gasteiger partial charge in [-0.2, -0.15) is 5.10 Å². The predicted octanol–water partition coefficient (Wildman–Crippen LogP) is 1.54. The van der Waals surface area contributed by atoms with Gasteiger partial charge in [0.05, 0.1) is 12.2 Å². The predicted molar refractivity (Wildman–Crippen MR) is 69.6 cm³/mol. The summed E-state index contributed by atoms with van der Waals surface area (Å²) in [6.45, 7) is 5.37. The monoisotopic (exact) mass is 236 g/mol. The second kappa shape index (κ2) is 5.65. The van der Waals surface area contributed by atoms with Gasteiger partial charge in [0, 0.05) is 25.4 Å². The van der Waals surface area contributed by atoms with E-state index in [0.717, 1.165) is 12.5 Å².